The van der Waals surface area contributed by atoms with Crippen LogP contribution in [0.5, 0.6) is 5.75 Å². The number of pyridine rings is 1. The van der Waals surface area contributed by atoms with Gasteiger partial charge in [-0.3, -0.25) is 9.98 Å². The van der Waals surface area contributed by atoms with E-state index in [4.69, 9.17) is 16.3 Å². The summed E-state index contributed by atoms with van der Waals surface area (Å²) in [5.41, 5.74) is 3.13. The van der Waals surface area contributed by atoms with Gasteiger partial charge in [0.05, 0.1) is 5.69 Å². The van der Waals surface area contributed by atoms with Crippen molar-refractivity contribution in [2.75, 3.05) is 13.6 Å². The van der Waals surface area contributed by atoms with Crippen LogP contribution in [0.25, 0.3) is 0 Å². The Labute approximate surface area is 176 Å². The quantitative estimate of drug-likeness (QED) is 0.432. The molecule has 3 aromatic rings. The summed E-state index contributed by atoms with van der Waals surface area (Å²) in [6, 6.07) is 21.7. The molecule has 0 spiro atoms. The summed E-state index contributed by atoms with van der Waals surface area (Å²) in [7, 11) is 1.76. The van der Waals surface area contributed by atoms with Gasteiger partial charge in [-0.1, -0.05) is 48.0 Å². The molecule has 0 atom stereocenters. The lowest BCUT2D eigenvalue weighted by molar-refractivity contribution is 0.301. The molecule has 2 N–H and O–H groups in total. The van der Waals surface area contributed by atoms with E-state index in [1.54, 1.807) is 13.2 Å². The van der Waals surface area contributed by atoms with E-state index in [0.717, 1.165) is 46.5 Å². The first kappa shape index (κ1) is 20.7. The van der Waals surface area contributed by atoms with Crippen LogP contribution >= 0.6 is 11.6 Å². The lowest BCUT2D eigenvalue weighted by atomic mass is 10.1. The van der Waals surface area contributed by atoms with Crippen LogP contribution in [0.3, 0.4) is 0 Å². The van der Waals surface area contributed by atoms with Gasteiger partial charge in [0.25, 0.3) is 0 Å². The number of benzene rings is 2. The second-order valence-electron chi connectivity index (χ2n) is 6.45. The zero-order chi connectivity index (χ0) is 20.3. The molecule has 1 heterocycles. The standard InChI is InChI=1S/C23H25ClN4O/c1-25-23(27-14-12-19-8-2-3-11-22(19)24)28-16-18-7-6-10-21(15-18)29-17-20-9-4-5-13-26-20/h2-11,13,15H,12,14,16-17H2,1H3,(H2,25,27,28). The summed E-state index contributed by atoms with van der Waals surface area (Å²) in [5, 5.41) is 7.43. The third-order valence-corrected chi connectivity index (χ3v) is 4.71. The van der Waals surface area contributed by atoms with Crippen LogP contribution in [-0.4, -0.2) is 24.5 Å². The number of nitrogens with one attached hydrogen (secondary N) is 2. The molecule has 2 aromatic carbocycles. The average Bonchev–Trinajstić information content (AvgIpc) is 2.77. The number of hydrogen-bond acceptors (Lipinski definition) is 3. The second kappa shape index (κ2) is 11.1. The Bertz CT molecular complexity index is 931. The minimum absolute atomic E-state index is 0.447. The van der Waals surface area contributed by atoms with Crippen LogP contribution in [0, 0.1) is 0 Å². The second-order valence-corrected chi connectivity index (χ2v) is 6.86. The Morgan fingerprint density at radius 1 is 1.03 bits per heavy atom. The third-order valence-electron chi connectivity index (χ3n) is 4.34. The topological polar surface area (TPSA) is 58.5 Å². The Balaban J connectivity index is 1.46. The molecule has 150 valence electrons. The lowest BCUT2D eigenvalue weighted by Crippen LogP contribution is -2.37. The van der Waals surface area contributed by atoms with Crippen molar-refractivity contribution < 1.29 is 4.74 Å². The van der Waals surface area contributed by atoms with Crippen molar-refractivity contribution in [3.05, 3.63) is 94.8 Å². The number of guanidine groups is 1. The van der Waals surface area contributed by atoms with Gasteiger partial charge in [0.1, 0.15) is 12.4 Å². The highest BCUT2D eigenvalue weighted by Gasteiger charge is 2.03. The van der Waals surface area contributed by atoms with E-state index in [-0.39, 0.29) is 0 Å². The molecule has 0 fully saturated rings. The maximum Gasteiger partial charge on any atom is 0.191 e. The van der Waals surface area contributed by atoms with Crippen LogP contribution in [0.4, 0.5) is 0 Å². The maximum atomic E-state index is 6.20. The molecule has 3 rings (SSSR count). The summed E-state index contributed by atoms with van der Waals surface area (Å²) in [5.74, 6) is 1.56. The molecule has 0 bridgehead atoms. The largest absolute Gasteiger partial charge is 0.487 e. The number of aromatic nitrogens is 1. The molecule has 1 aromatic heterocycles. The van der Waals surface area contributed by atoms with Crippen LogP contribution < -0.4 is 15.4 Å². The van der Waals surface area contributed by atoms with Crippen molar-refractivity contribution in [3.8, 4) is 5.75 Å². The molecule has 0 amide bonds. The van der Waals surface area contributed by atoms with Crippen molar-refractivity contribution in [1.29, 1.82) is 0 Å². The maximum absolute atomic E-state index is 6.20. The van der Waals surface area contributed by atoms with Crippen LogP contribution in [0.15, 0.2) is 77.9 Å². The minimum atomic E-state index is 0.447. The first-order valence-corrected chi connectivity index (χ1v) is 9.92. The smallest absolute Gasteiger partial charge is 0.191 e. The Morgan fingerprint density at radius 2 is 1.90 bits per heavy atom. The number of halogens is 1. The van der Waals surface area contributed by atoms with Gasteiger partial charge in [0.15, 0.2) is 5.96 Å². The number of nitrogens with zero attached hydrogens (tertiary/aromatic N) is 2. The summed E-state index contributed by atoms with van der Waals surface area (Å²) < 4.78 is 5.84. The number of ether oxygens (including phenoxy) is 1. The van der Waals surface area contributed by atoms with Gasteiger partial charge in [-0.25, -0.2) is 0 Å². The highest BCUT2D eigenvalue weighted by atomic mass is 35.5. The zero-order valence-electron chi connectivity index (χ0n) is 16.4. The lowest BCUT2D eigenvalue weighted by Gasteiger charge is -2.13. The van der Waals surface area contributed by atoms with Gasteiger partial charge < -0.3 is 15.4 Å². The average molecular weight is 409 g/mol. The monoisotopic (exact) mass is 408 g/mol. The van der Waals surface area contributed by atoms with E-state index in [9.17, 15) is 0 Å². The van der Waals surface area contributed by atoms with E-state index in [1.165, 1.54) is 0 Å². The van der Waals surface area contributed by atoms with Crippen molar-refractivity contribution in [1.82, 2.24) is 15.6 Å². The van der Waals surface area contributed by atoms with Crippen LogP contribution in [0.1, 0.15) is 16.8 Å². The van der Waals surface area contributed by atoms with E-state index >= 15 is 0 Å². The molecule has 0 saturated heterocycles. The molecular formula is C23H25ClN4O. The number of aliphatic imine (C=N–C) groups is 1. The Morgan fingerprint density at radius 3 is 2.69 bits per heavy atom. The molecule has 0 aliphatic rings. The summed E-state index contributed by atoms with van der Waals surface area (Å²) >= 11 is 6.20. The molecular weight excluding hydrogens is 384 g/mol. The summed E-state index contributed by atoms with van der Waals surface area (Å²) in [6.07, 6.45) is 2.60. The molecule has 29 heavy (non-hydrogen) atoms. The van der Waals surface area contributed by atoms with Crippen LogP contribution in [0.2, 0.25) is 5.02 Å². The molecule has 0 unspecified atom stereocenters. The van der Waals surface area contributed by atoms with E-state index < -0.39 is 0 Å². The fraction of sp³-hybridized carbons (Fsp3) is 0.217. The molecule has 0 saturated carbocycles. The van der Waals surface area contributed by atoms with Crippen LogP contribution in [-0.2, 0) is 19.6 Å². The molecule has 0 radical (unpaired) electrons. The zero-order valence-corrected chi connectivity index (χ0v) is 17.2. The minimum Gasteiger partial charge on any atom is -0.487 e. The van der Waals surface area contributed by atoms with E-state index in [1.807, 2.05) is 60.7 Å². The van der Waals surface area contributed by atoms with E-state index in [0.29, 0.717) is 13.2 Å². The molecule has 5 nitrogen and oxygen atoms in total. The number of rotatable bonds is 8. The highest BCUT2D eigenvalue weighted by molar-refractivity contribution is 6.31. The predicted molar refractivity (Wildman–Crippen MR) is 118 cm³/mol. The van der Waals surface area contributed by atoms with Gasteiger partial charge in [-0.15, -0.1) is 0 Å². The SMILES string of the molecule is CN=C(NCCc1ccccc1Cl)NCc1cccc(OCc2ccccn2)c1. The fourth-order valence-electron chi connectivity index (χ4n) is 2.81. The van der Waals surface area contributed by atoms with Crippen molar-refractivity contribution in [3.63, 3.8) is 0 Å². The molecule has 0 aliphatic carbocycles. The Hall–Kier alpha value is -3.05. The first-order chi connectivity index (χ1) is 14.2. The van der Waals surface area contributed by atoms with Gasteiger partial charge in [-0.05, 0) is 47.9 Å². The summed E-state index contributed by atoms with van der Waals surface area (Å²) in [6.45, 7) is 1.84. The van der Waals surface area contributed by atoms with E-state index in [2.05, 4.69) is 26.7 Å². The van der Waals surface area contributed by atoms with Crippen molar-refractivity contribution in [2.45, 2.75) is 19.6 Å². The van der Waals surface area contributed by atoms with Crippen molar-refractivity contribution in [2.24, 2.45) is 4.99 Å². The highest BCUT2D eigenvalue weighted by Crippen LogP contribution is 2.15. The van der Waals surface area contributed by atoms with Gasteiger partial charge in [-0.2, -0.15) is 0 Å². The molecule has 6 heteroatoms. The van der Waals surface area contributed by atoms with Gasteiger partial charge in [0.2, 0.25) is 0 Å². The summed E-state index contributed by atoms with van der Waals surface area (Å²) in [4.78, 5) is 8.55. The van der Waals surface area contributed by atoms with Crippen molar-refractivity contribution >= 4 is 17.6 Å². The normalized spacial score (nSPS) is 11.2. The third kappa shape index (κ3) is 6.80. The molecule has 0 aliphatic heterocycles. The number of hydrogen-bond donors (Lipinski definition) is 2. The fourth-order valence-corrected chi connectivity index (χ4v) is 3.04. The van der Waals surface area contributed by atoms with Gasteiger partial charge >= 0.3 is 0 Å². The first-order valence-electron chi connectivity index (χ1n) is 9.54. The predicted octanol–water partition coefficient (Wildman–Crippen LogP) is 4.22. The van der Waals surface area contributed by atoms with Gasteiger partial charge in [0, 0.05) is 31.4 Å². The Kier molecular flexibility index (Phi) is 7.90.